The summed E-state index contributed by atoms with van der Waals surface area (Å²) in [7, 11) is 1.71. The Balaban J connectivity index is 0.000000641. The number of aliphatic hydroxyl groups is 1. The number of benzene rings is 3. The monoisotopic (exact) mass is 607 g/mol. The molecule has 2 unspecified atom stereocenters. The Morgan fingerprint density at radius 2 is 1.70 bits per heavy atom. The number of likely N-dealkylation sites (tertiary alicyclic amines) is 1. The van der Waals surface area contributed by atoms with Crippen molar-refractivity contribution in [2.45, 2.75) is 41.6 Å². The molecule has 12 heteroatoms. The average Bonchev–Trinajstić information content (AvgIpc) is 3.63. The number of fused-ring (bicyclic) bond motifs is 1. The maximum Gasteiger partial charge on any atom is 0.414 e. The van der Waals surface area contributed by atoms with Crippen molar-refractivity contribution < 1.29 is 39.2 Å². The first kappa shape index (κ1) is 31.7. The first-order valence-corrected chi connectivity index (χ1v) is 14.4. The van der Waals surface area contributed by atoms with E-state index in [1.165, 1.54) is 30.2 Å². The van der Waals surface area contributed by atoms with Crippen LogP contribution in [0.15, 0.2) is 71.6 Å². The van der Waals surface area contributed by atoms with Gasteiger partial charge in [-0.25, -0.2) is 20.4 Å². The molecule has 1 fully saturated rings. The Morgan fingerprint density at radius 1 is 1.05 bits per heavy atom. The molecule has 0 spiro atoms. The predicted molar refractivity (Wildman–Crippen MR) is 160 cm³/mol. The van der Waals surface area contributed by atoms with Crippen molar-refractivity contribution in [3.8, 4) is 5.75 Å². The van der Waals surface area contributed by atoms with Gasteiger partial charge in [0.1, 0.15) is 10.7 Å². The molecule has 3 aromatic carbocycles. The zero-order valence-corrected chi connectivity index (χ0v) is 24.3. The summed E-state index contributed by atoms with van der Waals surface area (Å²) in [6.07, 6.45) is 3.28. The second-order valence-electron chi connectivity index (χ2n) is 10.2. The first-order chi connectivity index (χ1) is 20.6. The van der Waals surface area contributed by atoms with Crippen LogP contribution in [0.25, 0.3) is 0 Å². The largest absolute Gasteiger partial charge is 0.496 e. The Hall–Kier alpha value is -4.23. The lowest BCUT2D eigenvalue weighted by atomic mass is 9.84. The van der Waals surface area contributed by atoms with Crippen LogP contribution in [0.5, 0.6) is 5.75 Å². The summed E-state index contributed by atoms with van der Waals surface area (Å²) in [5, 5.41) is 27.7. The number of nitrogens with zero attached hydrogens (tertiary/aromatic N) is 2. The van der Waals surface area contributed by atoms with E-state index in [1.54, 1.807) is 31.4 Å². The van der Waals surface area contributed by atoms with Crippen LogP contribution >= 0.6 is 11.8 Å². The number of nitrogens with two attached hydrogens (primary N) is 1. The molecule has 5 N–H and O–H groups in total. The van der Waals surface area contributed by atoms with Crippen molar-refractivity contribution in [1.82, 2.24) is 4.90 Å². The van der Waals surface area contributed by atoms with Crippen LogP contribution in [0.2, 0.25) is 0 Å². The Bertz CT molecular complexity index is 1480. The van der Waals surface area contributed by atoms with Gasteiger partial charge in [0.15, 0.2) is 0 Å². The van der Waals surface area contributed by atoms with Crippen LogP contribution in [0, 0.1) is 0 Å². The van der Waals surface area contributed by atoms with Crippen LogP contribution in [-0.4, -0.2) is 64.6 Å². The van der Waals surface area contributed by atoms with Crippen molar-refractivity contribution in [2.24, 2.45) is 5.84 Å². The van der Waals surface area contributed by atoms with Gasteiger partial charge in [-0.2, -0.15) is 0 Å². The van der Waals surface area contributed by atoms with Crippen molar-refractivity contribution in [1.29, 1.82) is 0 Å². The van der Waals surface area contributed by atoms with Gasteiger partial charge < -0.3 is 20.1 Å². The van der Waals surface area contributed by atoms with Crippen molar-refractivity contribution in [3.05, 3.63) is 89.0 Å². The molecule has 0 bridgehead atoms. The van der Waals surface area contributed by atoms with Crippen molar-refractivity contribution in [2.75, 3.05) is 25.2 Å². The second-order valence-corrected chi connectivity index (χ2v) is 11.5. The summed E-state index contributed by atoms with van der Waals surface area (Å²) in [4.78, 5) is 42.9. The first-order valence-electron chi connectivity index (χ1n) is 13.6. The molecular formula is C31H33N3O8S. The lowest BCUT2D eigenvalue weighted by Crippen LogP contribution is -2.38. The highest BCUT2D eigenvalue weighted by Gasteiger charge is 2.47. The number of rotatable bonds is 8. The van der Waals surface area contributed by atoms with Crippen LogP contribution < -0.4 is 15.6 Å². The van der Waals surface area contributed by atoms with Gasteiger partial charge in [0, 0.05) is 22.9 Å². The van der Waals surface area contributed by atoms with E-state index in [-0.39, 0.29) is 12.2 Å². The number of aliphatic carboxylic acids is 2. The molecule has 3 aromatic rings. The average molecular weight is 608 g/mol. The number of carbonyl (C=O) groups is 4. The summed E-state index contributed by atoms with van der Waals surface area (Å²) < 4.78 is 5.77. The molecule has 0 radical (unpaired) electrons. The van der Waals surface area contributed by atoms with Gasteiger partial charge in [-0.05, 0) is 73.3 Å². The molecule has 1 amide bonds. The standard InChI is InChI=1S/C29H31N3O4S.C2H2O4/c1-36-26-17-20(8-9-21(26)18-31-14-4-5-15-31)16-25-24-6-2-3-7-27(24)37-29(25,35)22-10-12-23(13-11-22)32(30)28(34)19-33;3-1(4)2(5)6/h2-3,6-13,17,19,25,35H,4-5,14-16,18,30H2,1H3;(H,3,4)(H,5,6). The molecule has 226 valence electrons. The minimum absolute atomic E-state index is 0.172. The summed E-state index contributed by atoms with van der Waals surface area (Å²) in [6, 6.07) is 21.3. The van der Waals surface area contributed by atoms with Crippen LogP contribution in [0.3, 0.4) is 0 Å². The minimum atomic E-state index is -1.82. The number of hydrogen-bond acceptors (Lipinski definition) is 9. The smallest absolute Gasteiger partial charge is 0.414 e. The number of carbonyl (C=O) groups excluding carboxylic acids is 2. The zero-order chi connectivity index (χ0) is 31.1. The molecule has 0 aliphatic carbocycles. The molecule has 5 rings (SSSR count). The number of anilines is 1. The van der Waals surface area contributed by atoms with E-state index < -0.39 is 22.8 Å². The summed E-state index contributed by atoms with van der Waals surface area (Å²) in [6.45, 7) is 3.13. The van der Waals surface area contributed by atoms with E-state index in [0.717, 1.165) is 46.4 Å². The Morgan fingerprint density at radius 3 is 2.30 bits per heavy atom. The van der Waals surface area contributed by atoms with Crippen molar-refractivity contribution in [3.63, 3.8) is 0 Å². The molecule has 2 aliphatic heterocycles. The second kappa shape index (κ2) is 13.8. The summed E-state index contributed by atoms with van der Waals surface area (Å²) in [5.74, 6) is 1.92. The number of amides is 1. The molecule has 2 aliphatic rings. The highest BCUT2D eigenvalue weighted by Crippen LogP contribution is 2.58. The van der Waals surface area contributed by atoms with Crippen LogP contribution in [0.4, 0.5) is 5.69 Å². The lowest BCUT2D eigenvalue weighted by Gasteiger charge is -2.31. The predicted octanol–water partition coefficient (Wildman–Crippen LogP) is 3.13. The fourth-order valence-corrected chi connectivity index (χ4v) is 6.74. The summed E-state index contributed by atoms with van der Waals surface area (Å²) >= 11 is 1.43. The van der Waals surface area contributed by atoms with Crippen LogP contribution in [-0.2, 0) is 37.1 Å². The fourth-order valence-electron chi connectivity index (χ4n) is 5.33. The van der Waals surface area contributed by atoms with E-state index >= 15 is 0 Å². The van der Waals surface area contributed by atoms with Gasteiger partial charge >= 0.3 is 17.8 Å². The van der Waals surface area contributed by atoms with Gasteiger partial charge in [-0.15, -0.1) is 0 Å². The highest BCUT2D eigenvalue weighted by atomic mass is 32.2. The van der Waals surface area contributed by atoms with Gasteiger partial charge in [-0.1, -0.05) is 54.2 Å². The number of ether oxygens (including phenoxy) is 1. The molecule has 43 heavy (non-hydrogen) atoms. The van der Waals surface area contributed by atoms with E-state index in [1.807, 2.05) is 18.2 Å². The van der Waals surface area contributed by atoms with E-state index in [2.05, 4.69) is 29.2 Å². The molecule has 11 nitrogen and oxygen atoms in total. The fraction of sp³-hybridized carbons (Fsp3) is 0.290. The van der Waals surface area contributed by atoms with Gasteiger partial charge in [-0.3, -0.25) is 14.5 Å². The maximum atomic E-state index is 12.1. The minimum Gasteiger partial charge on any atom is -0.496 e. The third-order valence-electron chi connectivity index (χ3n) is 7.50. The zero-order valence-electron chi connectivity index (χ0n) is 23.5. The van der Waals surface area contributed by atoms with Gasteiger partial charge in [0.25, 0.3) is 0 Å². The number of aldehydes is 1. The molecule has 2 atom stereocenters. The number of hydrazine groups is 1. The molecular weight excluding hydrogens is 574 g/mol. The highest BCUT2D eigenvalue weighted by molar-refractivity contribution is 8.00. The quantitative estimate of drug-likeness (QED) is 0.0975. The Labute approximate surface area is 252 Å². The van der Waals surface area contributed by atoms with Gasteiger partial charge in [0.2, 0.25) is 6.29 Å². The SMILES string of the molecule is COc1cc(CC2c3ccccc3SC2(O)c2ccc(N(N)C(=O)C=O)cc2)ccc1CN1CCCC1.O=C(O)C(=O)O. The Kier molecular flexibility index (Phi) is 10.2. The van der Waals surface area contributed by atoms with E-state index in [4.69, 9.17) is 30.4 Å². The third-order valence-corrected chi connectivity index (χ3v) is 8.92. The third kappa shape index (κ3) is 7.23. The molecule has 0 saturated carbocycles. The topological polar surface area (TPSA) is 171 Å². The number of carboxylic acid groups (broad SMARTS) is 2. The molecule has 2 heterocycles. The number of thioether (sulfide) groups is 1. The lowest BCUT2D eigenvalue weighted by molar-refractivity contribution is -0.159. The number of carboxylic acids is 2. The van der Waals surface area contributed by atoms with E-state index in [9.17, 15) is 14.7 Å². The molecule has 1 saturated heterocycles. The van der Waals surface area contributed by atoms with Gasteiger partial charge in [0.05, 0.1) is 12.8 Å². The van der Waals surface area contributed by atoms with Crippen LogP contribution in [0.1, 0.15) is 41.0 Å². The normalized spacial score (nSPS) is 19.1. The van der Waals surface area contributed by atoms with E-state index in [0.29, 0.717) is 17.7 Å². The van der Waals surface area contributed by atoms with Crippen molar-refractivity contribution >= 4 is 41.6 Å². The number of hydrogen-bond donors (Lipinski definition) is 4. The summed E-state index contributed by atoms with van der Waals surface area (Å²) in [5.41, 5.74) is 4.43. The molecule has 0 aromatic heterocycles. The maximum absolute atomic E-state index is 12.1. The number of methoxy groups -OCH3 is 1.